The number of carbonyl (C=O) groups excluding carboxylic acids is 1. The molecule has 2 aromatic rings. The van der Waals surface area contributed by atoms with E-state index in [-0.39, 0.29) is 30.9 Å². The quantitative estimate of drug-likeness (QED) is 0.147. The first-order valence-electron chi connectivity index (χ1n) is 11.1. The fraction of sp³-hybridized carbons (Fsp3) is 0.476. The van der Waals surface area contributed by atoms with Gasteiger partial charge < -0.3 is 14.0 Å². The van der Waals surface area contributed by atoms with Crippen molar-refractivity contribution in [3.05, 3.63) is 73.4 Å². The van der Waals surface area contributed by atoms with Crippen molar-refractivity contribution in [2.45, 2.75) is 51.6 Å². The largest absolute Gasteiger partial charge is 0.465 e. The molecular weight excluding hydrogens is 495 g/mol. The minimum absolute atomic E-state index is 0.0972. The third kappa shape index (κ3) is 6.84. The number of esters is 1. The first kappa shape index (κ1) is 27.2. The number of nitrogens with one attached hydrogen (secondary N) is 2. The lowest BCUT2D eigenvalue weighted by Gasteiger charge is -2.24. The number of hydrogen-bond acceptors (Lipinski definition) is 9. The lowest BCUT2D eigenvalue weighted by molar-refractivity contribution is -0.144. The molecule has 1 aliphatic heterocycles. The van der Waals surface area contributed by atoms with Gasteiger partial charge >= 0.3 is 19.4 Å². The van der Waals surface area contributed by atoms with Crippen molar-refractivity contribution < 1.29 is 27.9 Å². The van der Waals surface area contributed by atoms with E-state index in [1.54, 1.807) is 37.3 Å². The molecule has 0 amide bonds. The normalized spacial score (nSPS) is 21.7. The molecule has 36 heavy (non-hydrogen) atoms. The van der Waals surface area contributed by atoms with Gasteiger partial charge in [-0.3, -0.25) is 23.7 Å². The number of nitrogens with zero attached hydrogens (tertiary/aromatic N) is 4. The summed E-state index contributed by atoms with van der Waals surface area (Å²) in [5, 5.41) is 6.26. The molecule has 3 rings (SSSR count). The van der Waals surface area contributed by atoms with Crippen molar-refractivity contribution in [2.24, 2.45) is 5.11 Å². The van der Waals surface area contributed by atoms with Gasteiger partial charge in [-0.15, -0.1) is 0 Å². The van der Waals surface area contributed by atoms with Crippen LogP contribution in [0.4, 0.5) is 0 Å². The first-order valence-corrected chi connectivity index (χ1v) is 12.7. The van der Waals surface area contributed by atoms with E-state index in [0.29, 0.717) is 0 Å². The van der Waals surface area contributed by atoms with Crippen LogP contribution in [0.25, 0.3) is 10.4 Å². The number of ether oxygens (including phenoxy) is 2. The van der Waals surface area contributed by atoms with Crippen molar-refractivity contribution in [3.63, 3.8) is 0 Å². The van der Waals surface area contributed by atoms with Gasteiger partial charge in [0.05, 0.1) is 25.4 Å². The summed E-state index contributed by atoms with van der Waals surface area (Å²) in [4.78, 5) is 41.1. The van der Waals surface area contributed by atoms with Gasteiger partial charge in [-0.2, -0.15) is 5.09 Å². The Bertz CT molecular complexity index is 1280. The Morgan fingerprint density at radius 2 is 2.11 bits per heavy atom. The predicted octanol–water partition coefficient (Wildman–Crippen LogP) is 2.56. The molecule has 5 atom stereocenters. The molecule has 0 saturated carbocycles. The van der Waals surface area contributed by atoms with Crippen LogP contribution in [-0.2, 0) is 23.4 Å². The van der Waals surface area contributed by atoms with Crippen LogP contribution in [-0.4, -0.2) is 46.9 Å². The van der Waals surface area contributed by atoms with E-state index in [0.717, 1.165) is 0 Å². The highest BCUT2D eigenvalue weighted by Crippen LogP contribution is 2.46. The molecule has 1 aromatic carbocycles. The summed E-state index contributed by atoms with van der Waals surface area (Å²) in [7, 11) is -4.17. The molecule has 194 valence electrons. The van der Waals surface area contributed by atoms with Crippen LogP contribution < -0.4 is 20.9 Å². The van der Waals surface area contributed by atoms with E-state index >= 15 is 0 Å². The van der Waals surface area contributed by atoms with Gasteiger partial charge in [-0.25, -0.2) is 9.36 Å². The number of rotatable bonds is 11. The zero-order valence-electron chi connectivity index (χ0n) is 19.9. The minimum Gasteiger partial charge on any atom is -0.465 e. The molecule has 14 nitrogen and oxygen atoms in total. The molecule has 0 bridgehead atoms. The van der Waals surface area contributed by atoms with E-state index in [4.69, 9.17) is 24.1 Å². The van der Waals surface area contributed by atoms with Crippen molar-refractivity contribution >= 4 is 13.7 Å². The van der Waals surface area contributed by atoms with Crippen LogP contribution in [0.15, 0.2) is 51.2 Å². The van der Waals surface area contributed by atoms with Crippen molar-refractivity contribution in [2.75, 3.05) is 13.2 Å². The highest BCUT2D eigenvalue weighted by Gasteiger charge is 2.40. The molecule has 2 unspecified atom stereocenters. The molecule has 0 aliphatic carbocycles. The lowest BCUT2D eigenvalue weighted by Crippen LogP contribution is -2.36. The summed E-state index contributed by atoms with van der Waals surface area (Å²) in [6.45, 7) is 4.37. The lowest BCUT2D eigenvalue weighted by atomic mass is 10.1. The molecule has 0 spiro atoms. The molecule has 1 aliphatic rings. The van der Waals surface area contributed by atoms with E-state index < -0.39 is 49.4 Å². The smallest absolute Gasteiger partial charge is 0.459 e. The Morgan fingerprint density at radius 1 is 1.39 bits per heavy atom. The van der Waals surface area contributed by atoms with E-state index in [9.17, 15) is 18.9 Å². The molecule has 0 radical (unpaired) electrons. The second-order valence-corrected chi connectivity index (χ2v) is 9.61. The number of aromatic nitrogens is 2. The maximum absolute atomic E-state index is 13.6. The number of benzene rings is 1. The number of H-pyrrole nitrogens is 1. The Kier molecular flexibility index (Phi) is 9.08. The molecule has 15 heteroatoms. The van der Waals surface area contributed by atoms with Gasteiger partial charge in [0, 0.05) is 23.1 Å². The molecule has 2 heterocycles. The third-order valence-electron chi connectivity index (χ3n) is 5.23. The third-order valence-corrected chi connectivity index (χ3v) is 6.87. The predicted molar refractivity (Wildman–Crippen MR) is 127 cm³/mol. The number of aromatic amines is 1. The zero-order chi connectivity index (χ0) is 26.3. The van der Waals surface area contributed by atoms with Crippen LogP contribution in [0.5, 0.6) is 5.75 Å². The van der Waals surface area contributed by atoms with E-state index in [1.807, 2.05) is 0 Å². The van der Waals surface area contributed by atoms with Crippen LogP contribution in [0.2, 0.25) is 0 Å². The molecule has 1 aromatic heterocycles. The Balaban J connectivity index is 1.80. The number of aryl methyl sites for hydroxylation is 1. The van der Waals surface area contributed by atoms with E-state index in [1.165, 1.54) is 24.6 Å². The van der Waals surface area contributed by atoms with E-state index in [2.05, 4.69) is 20.1 Å². The second kappa shape index (κ2) is 12.0. The monoisotopic (exact) mass is 522 g/mol. The van der Waals surface area contributed by atoms with Crippen molar-refractivity contribution in [1.82, 2.24) is 14.6 Å². The van der Waals surface area contributed by atoms with Gasteiger partial charge in [-0.05, 0) is 38.4 Å². The highest BCUT2D eigenvalue weighted by molar-refractivity contribution is 7.52. The van der Waals surface area contributed by atoms with Crippen LogP contribution in [0, 0.1) is 6.92 Å². The van der Waals surface area contributed by atoms with Crippen LogP contribution in [0.3, 0.4) is 0 Å². The summed E-state index contributed by atoms with van der Waals surface area (Å²) in [5.41, 5.74) is 8.06. The highest BCUT2D eigenvalue weighted by atomic mass is 31.2. The van der Waals surface area contributed by atoms with Gasteiger partial charge in [0.15, 0.2) is 0 Å². The van der Waals surface area contributed by atoms with Gasteiger partial charge in [-0.1, -0.05) is 23.3 Å². The molecule has 2 N–H and O–H groups in total. The molecule has 1 fully saturated rings. The summed E-state index contributed by atoms with van der Waals surface area (Å²) in [6.07, 6.45) is -0.357. The number of azide groups is 1. The standard InChI is InChI=1S/C21H27N6O8P/c1-4-32-20(29)14(3)25-36(31,35-15-8-6-5-7-9-15)33-12-17-16(24-26-22)10-18(34-17)27-11-13(2)19(28)23-21(27)30/h5-9,11,14,16-18H,4,10,12H2,1-3H3,(H,25,31)(H,23,28,30)/t14-,16?,17-,18-,36?/m0/s1. The molecule has 1 saturated heterocycles. The Hall–Kier alpha value is -3.41. The first-order chi connectivity index (χ1) is 17.2. The van der Waals surface area contributed by atoms with Gasteiger partial charge in [0.25, 0.3) is 5.56 Å². The summed E-state index contributed by atoms with van der Waals surface area (Å²) < 4.78 is 36.8. The summed E-state index contributed by atoms with van der Waals surface area (Å²) in [6, 6.07) is 6.37. The topological polar surface area (TPSA) is 187 Å². The molecular formula is C21H27N6O8P. The maximum atomic E-state index is 13.6. The Labute approximate surface area is 205 Å². The maximum Gasteiger partial charge on any atom is 0.459 e. The second-order valence-electron chi connectivity index (χ2n) is 7.92. The average Bonchev–Trinajstić information content (AvgIpc) is 3.23. The Morgan fingerprint density at radius 3 is 2.78 bits per heavy atom. The fourth-order valence-electron chi connectivity index (χ4n) is 3.46. The van der Waals surface area contributed by atoms with Gasteiger partial charge in [0.2, 0.25) is 0 Å². The zero-order valence-corrected chi connectivity index (χ0v) is 20.8. The van der Waals surface area contributed by atoms with Gasteiger partial charge in [0.1, 0.15) is 18.0 Å². The fourth-order valence-corrected chi connectivity index (χ4v) is 4.96. The van der Waals surface area contributed by atoms with Crippen molar-refractivity contribution in [3.8, 4) is 5.75 Å². The average molecular weight is 522 g/mol. The number of para-hydroxylation sites is 1. The number of carbonyl (C=O) groups is 1. The summed E-state index contributed by atoms with van der Waals surface area (Å²) >= 11 is 0. The van der Waals surface area contributed by atoms with Crippen molar-refractivity contribution in [1.29, 1.82) is 0 Å². The summed E-state index contributed by atoms with van der Waals surface area (Å²) in [5.74, 6) is -0.439. The minimum atomic E-state index is -4.17. The van der Waals surface area contributed by atoms with Crippen LogP contribution in [0.1, 0.15) is 32.1 Å². The number of hydrogen-bond donors (Lipinski definition) is 2. The van der Waals surface area contributed by atoms with Crippen LogP contribution >= 0.6 is 7.75 Å². The SMILES string of the molecule is CCOC(=O)[C@H](C)NP(=O)(OC[C@@H]1O[C@H](n2cc(C)c(=O)[nH]c2=O)CC1N=[N+]=[N-])Oc1ccccc1.